The molecular formula is C18H20N2. The molecule has 1 aliphatic heterocycles. The summed E-state index contributed by atoms with van der Waals surface area (Å²) in [5.74, 6) is 1.19. The van der Waals surface area contributed by atoms with E-state index in [-0.39, 0.29) is 0 Å². The number of rotatable bonds is 5. The Morgan fingerprint density at radius 1 is 0.850 bits per heavy atom. The van der Waals surface area contributed by atoms with Crippen molar-refractivity contribution in [2.75, 3.05) is 13.1 Å². The molecule has 3 rings (SSSR count). The summed E-state index contributed by atoms with van der Waals surface area (Å²) in [4.78, 5) is 4.43. The zero-order valence-corrected chi connectivity index (χ0v) is 11.7. The topological polar surface area (TPSA) is 24.4 Å². The van der Waals surface area contributed by atoms with Crippen molar-refractivity contribution in [1.29, 1.82) is 0 Å². The zero-order valence-electron chi connectivity index (χ0n) is 11.7. The zero-order chi connectivity index (χ0) is 13.6. The molecule has 1 aliphatic rings. The van der Waals surface area contributed by atoms with Crippen LogP contribution in [0.5, 0.6) is 0 Å². The molecule has 0 spiro atoms. The third-order valence-electron chi connectivity index (χ3n) is 3.68. The van der Waals surface area contributed by atoms with E-state index >= 15 is 0 Å². The fourth-order valence-electron chi connectivity index (χ4n) is 2.57. The van der Waals surface area contributed by atoms with Crippen molar-refractivity contribution in [3.8, 4) is 11.1 Å². The lowest BCUT2D eigenvalue weighted by atomic mass is 10.0. The Hall–Kier alpha value is -2.09. The predicted octanol–water partition coefficient (Wildman–Crippen LogP) is 3.68. The molecule has 0 unspecified atom stereocenters. The Morgan fingerprint density at radius 3 is 2.30 bits per heavy atom. The molecule has 1 N–H and O–H groups in total. The maximum atomic E-state index is 4.43. The average molecular weight is 264 g/mol. The molecule has 0 fully saturated rings. The molecule has 2 heteroatoms. The summed E-state index contributed by atoms with van der Waals surface area (Å²) in [7, 11) is 0. The smallest absolute Gasteiger partial charge is 0.0964 e. The molecule has 2 nitrogen and oxygen atoms in total. The van der Waals surface area contributed by atoms with Crippen molar-refractivity contribution < 1.29 is 0 Å². The molecule has 0 saturated carbocycles. The first-order chi connectivity index (χ1) is 9.92. The van der Waals surface area contributed by atoms with Gasteiger partial charge in [-0.25, -0.2) is 0 Å². The van der Waals surface area contributed by atoms with Gasteiger partial charge in [0, 0.05) is 13.0 Å². The number of hydrogen-bond donors (Lipinski definition) is 1. The Labute approximate surface area is 120 Å². The van der Waals surface area contributed by atoms with Gasteiger partial charge in [0.25, 0.3) is 0 Å². The van der Waals surface area contributed by atoms with Crippen molar-refractivity contribution in [2.45, 2.75) is 19.3 Å². The van der Waals surface area contributed by atoms with Crippen molar-refractivity contribution in [3.63, 3.8) is 0 Å². The monoisotopic (exact) mass is 264 g/mol. The van der Waals surface area contributed by atoms with Gasteiger partial charge in [-0.1, -0.05) is 54.6 Å². The predicted molar refractivity (Wildman–Crippen MR) is 85.1 cm³/mol. The van der Waals surface area contributed by atoms with E-state index < -0.39 is 0 Å². The Morgan fingerprint density at radius 2 is 1.60 bits per heavy atom. The van der Waals surface area contributed by atoms with E-state index in [1.54, 1.807) is 0 Å². The Bertz CT molecular complexity index is 570. The number of amidine groups is 1. The van der Waals surface area contributed by atoms with Crippen LogP contribution in [0.15, 0.2) is 59.6 Å². The molecule has 2 aromatic rings. The average Bonchev–Trinajstić information content (AvgIpc) is 3.02. The minimum atomic E-state index is 0.946. The van der Waals surface area contributed by atoms with Crippen LogP contribution in [0, 0.1) is 0 Å². The molecule has 2 aromatic carbocycles. The molecule has 20 heavy (non-hydrogen) atoms. The minimum absolute atomic E-state index is 0.946. The fourth-order valence-corrected chi connectivity index (χ4v) is 2.57. The summed E-state index contributed by atoms with van der Waals surface area (Å²) in [5.41, 5.74) is 3.98. The highest BCUT2D eigenvalue weighted by Gasteiger charge is 2.04. The summed E-state index contributed by atoms with van der Waals surface area (Å²) < 4.78 is 0. The number of aliphatic imine (C=N–C) groups is 1. The highest BCUT2D eigenvalue weighted by Crippen LogP contribution is 2.19. The highest BCUT2D eigenvalue weighted by molar-refractivity contribution is 5.83. The van der Waals surface area contributed by atoms with Gasteiger partial charge in [0.15, 0.2) is 0 Å². The Balaban J connectivity index is 1.56. The normalized spacial score (nSPS) is 13.9. The number of aryl methyl sites for hydroxylation is 1. The standard InChI is InChI=1S/C18H20N2/c1-2-6-16(7-3-1)17-11-9-15(10-12-17)5-4-8-18-19-13-14-20-18/h1-3,6-7,9-12H,4-5,8,13-14H2,(H,19,20). The molecular weight excluding hydrogens is 244 g/mol. The lowest BCUT2D eigenvalue weighted by molar-refractivity contribution is 0.845. The van der Waals surface area contributed by atoms with Crippen LogP contribution in [0.25, 0.3) is 11.1 Å². The quantitative estimate of drug-likeness (QED) is 0.875. The van der Waals surface area contributed by atoms with Crippen LogP contribution in [0.3, 0.4) is 0 Å². The van der Waals surface area contributed by atoms with Crippen LogP contribution < -0.4 is 5.32 Å². The molecule has 0 aromatic heterocycles. The second kappa shape index (κ2) is 6.38. The first-order valence-corrected chi connectivity index (χ1v) is 7.33. The highest BCUT2D eigenvalue weighted by atomic mass is 15.1. The third kappa shape index (κ3) is 3.27. The van der Waals surface area contributed by atoms with E-state index in [0.29, 0.717) is 0 Å². The van der Waals surface area contributed by atoms with Crippen molar-refractivity contribution >= 4 is 5.84 Å². The van der Waals surface area contributed by atoms with Gasteiger partial charge in [-0.15, -0.1) is 0 Å². The van der Waals surface area contributed by atoms with Crippen LogP contribution in [0.4, 0.5) is 0 Å². The van der Waals surface area contributed by atoms with Gasteiger partial charge < -0.3 is 5.32 Å². The molecule has 0 atom stereocenters. The van der Waals surface area contributed by atoms with E-state index in [9.17, 15) is 0 Å². The van der Waals surface area contributed by atoms with Gasteiger partial charge in [-0.05, 0) is 29.5 Å². The van der Waals surface area contributed by atoms with Crippen LogP contribution >= 0.6 is 0 Å². The lowest BCUT2D eigenvalue weighted by Gasteiger charge is -2.05. The van der Waals surface area contributed by atoms with Gasteiger partial charge in [-0.3, -0.25) is 4.99 Å². The van der Waals surface area contributed by atoms with Crippen LogP contribution in [-0.4, -0.2) is 18.9 Å². The maximum absolute atomic E-state index is 4.43. The largest absolute Gasteiger partial charge is 0.372 e. The maximum Gasteiger partial charge on any atom is 0.0964 e. The summed E-state index contributed by atoms with van der Waals surface area (Å²) in [6.45, 7) is 1.96. The first kappa shape index (κ1) is 12.9. The van der Waals surface area contributed by atoms with Crippen LogP contribution in [0.2, 0.25) is 0 Å². The number of hydrogen-bond acceptors (Lipinski definition) is 2. The second-order valence-corrected chi connectivity index (χ2v) is 5.17. The summed E-state index contributed by atoms with van der Waals surface area (Å²) in [6.07, 6.45) is 3.35. The molecule has 0 saturated heterocycles. The second-order valence-electron chi connectivity index (χ2n) is 5.17. The summed E-state index contributed by atoms with van der Waals surface area (Å²) in [5, 5.41) is 3.32. The summed E-state index contributed by atoms with van der Waals surface area (Å²) in [6, 6.07) is 19.4. The van der Waals surface area contributed by atoms with Crippen molar-refractivity contribution in [3.05, 3.63) is 60.2 Å². The minimum Gasteiger partial charge on any atom is -0.372 e. The van der Waals surface area contributed by atoms with Gasteiger partial charge in [0.2, 0.25) is 0 Å². The van der Waals surface area contributed by atoms with Gasteiger partial charge >= 0.3 is 0 Å². The number of nitrogens with one attached hydrogen (secondary N) is 1. The molecule has 1 heterocycles. The van der Waals surface area contributed by atoms with Gasteiger partial charge in [-0.2, -0.15) is 0 Å². The van der Waals surface area contributed by atoms with E-state index in [0.717, 1.165) is 32.4 Å². The lowest BCUT2D eigenvalue weighted by Crippen LogP contribution is -2.18. The molecule has 0 amide bonds. The van der Waals surface area contributed by atoms with Gasteiger partial charge in [0.05, 0.1) is 12.4 Å². The number of nitrogens with zero attached hydrogens (tertiary/aromatic N) is 1. The van der Waals surface area contributed by atoms with E-state index in [2.05, 4.69) is 64.9 Å². The first-order valence-electron chi connectivity index (χ1n) is 7.33. The third-order valence-corrected chi connectivity index (χ3v) is 3.68. The van der Waals surface area contributed by atoms with Crippen molar-refractivity contribution in [1.82, 2.24) is 5.32 Å². The van der Waals surface area contributed by atoms with Gasteiger partial charge in [0.1, 0.15) is 0 Å². The fraction of sp³-hybridized carbons (Fsp3) is 0.278. The Kier molecular flexibility index (Phi) is 4.12. The molecule has 0 bridgehead atoms. The van der Waals surface area contributed by atoms with E-state index in [4.69, 9.17) is 0 Å². The van der Waals surface area contributed by atoms with Crippen LogP contribution in [0.1, 0.15) is 18.4 Å². The van der Waals surface area contributed by atoms with E-state index in [1.165, 1.54) is 22.5 Å². The van der Waals surface area contributed by atoms with Crippen LogP contribution in [-0.2, 0) is 6.42 Å². The molecule has 102 valence electrons. The molecule has 0 aliphatic carbocycles. The summed E-state index contributed by atoms with van der Waals surface area (Å²) >= 11 is 0. The van der Waals surface area contributed by atoms with E-state index in [1.807, 2.05) is 0 Å². The number of benzene rings is 2. The van der Waals surface area contributed by atoms with Crippen molar-refractivity contribution in [2.24, 2.45) is 4.99 Å². The molecule has 0 radical (unpaired) electrons. The SMILES string of the molecule is c1ccc(-c2ccc(CCCC3=NCCN3)cc2)cc1.